The normalized spacial score (nSPS) is 10.4. The van der Waals surface area contributed by atoms with Crippen molar-refractivity contribution in [1.29, 1.82) is 0 Å². The summed E-state index contributed by atoms with van der Waals surface area (Å²) < 4.78 is 35.0. The predicted molar refractivity (Wildman–Crippen MR) is 179 cm³/mol. The first kappa shape index (κ1) is 34.9. The van der Waals surface area contributed by atoms with E-state index in [0.717, 1.165) is 60.9 Å². The van der Waals surface area contributed by atoms with Crippen LogP contribution in [0.5, 0.6) is 17.2 Å². The average Bonchev–Trinajstić information content (AvgIpc) is 3.81. The number of aliphatic carboxylic acids is 1. The lowest BCUT2D eigenvalue weighted by atomic mass is 10.1. The number of phenols is 1. The summed E-state index contributed by atoms with van der Waals surface area (Å²) in [5.74, 6) is 0.321. The third-order valence-electron chi connectivity index (χ3n) is 7.17. The van der Waals surface area contributed by atoms with E-state index in [1.165, 1.54) is 14.2 Å². The highest BCUT2D eigenvalue weighted by Crippen LogP contribution is 2.26. The molecule has 0 fully saturated rings. The van der Waals surface area contributed by atoms with Crippen LogP contribution in [-0.4, -0.2) is 78.7 Å². The molecule has 6 rings (SSSR count). The lowest BCUT2D eigenvalue weighted by Crippen LogP contribution is -2.03. The first-order valence-electron chi connectivity index (χ1n) is 15.1. The number of halogens is 1. The molecular formula is C35H38FN3O9. The minimum Gasteiger partial charge on any atom is -0.508 e. The highest BCUT2D eigenvalue weighted by atomic mass is 19.1. The van der Waals surface area contributed by atoms with Crippen LogP contribution in [0.2, 0.25) is 0 Å². The maximum atomic E-state index is 11.2. The highest BCUT2D eigenvalue weighted by Gasteiger charge is 2.11. The first-order chi connectivity index (χ1) is 23.6. The van der Waals surface area contributed by atoms with E-state index in [1.807, 2.05) is 42.6 Å². The van der Waals surface area contributed by atoms with Crippen LogP contribution in [0.25, 0.3) is 32.7 Å². The molecule has 12 nitrogen and oxygen atoms in total. The number of hydrogen-bond donors (Lipinski definition) is 5. The zero-order valence-electron chi connectivity index (χ0n) is 27.9. The average molecular weight is 665 g/mol. The van der Waals surface area contributed by atoms with Gasteiger partial charge in [0.05, 0.1) is 56.2 Å². The van der Waals surface area contributed by atoms with Gasteiger partial charge in [-0.3, -0.25) is 18.8 Å². The fourth-order valence-electron chi connectivity index (χ4n) is 4.79. The van der Waals surface area contributed by atoms with Crippen LogP contribution in [0.3, 0.4) is 0 Å². The third kappa shape index (κ3) is 9.52. The number of alkyl halides is 1. The number of aromatic hydroxyl groups is 1. The number of benzene rings is 3. The Morgan fingerprint density at radius 2 is 1.04 bits per heavy atom. The molecular weight excluding hydrogens is 625 g/mol. The van der Waals surface area contributed by atoms with E-state index in [0.29, 0.717) is 0 Å². The number of carboxylic acid groups (broad SMARTS) is 1. The predicted octanol–water partition coefficient (Wildman–Crippen LogP) is 5.87. The van der Waals surface area contributed by atoms with Crippen LogP contribution in [0, 0.1) is 0 Å². The van der Waals surface area contributed by atoms with Gasteiger partial charge in [0, 0.05) is 51.3 Å². The molecule has 0 aliphatic rings. The number of rotatable bonds is 8. The molecule has 0 spiro atoms. The topological polar surface area (TPSA) is 176 Å². The second kappa shape index (κ2) is 17.6. The van der Waals surface area contributed by atoms with Crippen molar-refractivity contribution in [3.63, 3.8) is 0 Å². The van der Waals surface area contributed by atoms with Crippen molar-refractivity contribution in [2.45, 2.75) is 19.3 Å². The van der Waals surface area contributed by atoms with Gasteiger partial charge in [-0.15, -0.1) is 0 Å². The minimum absolute atomic E-state index is 0.0210. The number of methoxy groups -OCH3 is 4. The van der Waals surface area contributed by atoms with Crippen molar-refractivity contribution in [3.05, 3.63) is 89.9 Å². The number of carbonyl (C=O) groups is 3. The molecule has 13 heteroatoms. The molecule has 0 aliphatic heterocycles. The van der Waals surface area contributed by atoms with E-state index in [1.54, 1.807) is 44.8 Å². The van der Waals surface area contributed by atoms with Gasteiger partial charge >= 0.3 is 17.9 Å². The smallest absolute Gasteiger partial charge is 0.310 e. The van der Waals surface area contributed by atoms with Crippen molar-refractivity contribution in [2.75, 3.05) is 35.6 Å². The van der Waals surface area contributed by atoms with E-state index in [4.69, 9.17) is 16.0 Å². The zero-order valence-corrected chi connectivity index (χ0v) is 26.9. The summed E-state index contributed by atoms with van der Waals surface area (Å²) in [5.41, 5.74) is 5.32. The van der Waals surface area contributed by atoms with E-state index in [-0.39, 0.29) is 37.0 Å². The number of carboxylic acids is 1. The van der Waals surface area contributed by atoms with E-state index >= 15 is 0 Å². The summed E-state index contributed by atoms with van der Waals surface area (Å²) in [6.07, 6.45) is 5.79. The van der Waals surface area contributed by atoms with Gasteiger partial charge in [-0.2, -0.15) is 0 Å². The number of phenolic OH excluding ortho intramolecular Hbond substituents is 1. The fourth-order valence-corrected chi connectivity index (χ4v) is 4.79. The first-order valence-corrected chi connectivity index (χ1v) is 14.3. The molecule has 3 aromatic heterocycles. The molecule has 0 atom stereocenters. The van der Waals surface area contributed by atoms with Crippen LogP contribution in [0.1, 0.15) is 18.1 Å². The summed E-state index contributed by atoms with van der Waals surface area (Å²) in [4.78, 5) is 42.1. The van der Waals surface area contributed by atoms with Gasteiger partial charge in [-0.1, -0.05) is 0 Å². The molecule has 0 unspecified atom stereocenters. The van der Waals surface area contributed by atoms with Crippen LogP contribution < -0.4 is 9.47 Å². The summed E-state index contributed by atoms with van der Waals surface area (Å²) in [7, 11) is 4.95. The maximum absolute atomic E-state index is 11.2. The summed E-state index contributed by atoms with van der Waals surface area (Å²) >= 11 is 0. The van der Waals surface area contributed by atoms with Gasteiger partial charge in [-0.25, -0.2) is 0 Å². The van der Waals surface area contributed by atoms with Crippen molar-refractivity contribution in [3.8, 4) is 17.2 Å². The lowest BCUT2D eigenvalue weighted by molar-refractivity contribution is -0.140. The Kier molecular flexibility index (Phi) is 12.8. The van der Waals surface area contributed by atoms with Gasteiger partial charge in [0.1, 0.15) is 17.2 Å². The SMILES string of the molecule is COC(=O)Cc1c[nH]c2ccc(O)cc12.COC(=O)Cc1c[nH]c2ccc(OC)cc12.COc1ccc2[nH]cc(CC(=O)O)c2c1.[2H]CF. The molecule has 0 bridgehead atoms. The number of nitrogens with one attached hydrogen (secondary N) is 3. The Labute approximate surface area is 276 Å². The zero-order chi connectivity index (χ0) is 35.9. The highest BCUT2D eigenvalue weighted by molar-refractivity contribution is 5.90. The Morgan fingerprint density at radius 1 is 0.667 bits per heavy atom. The second-order valence-corrected chi connectivity index (χ2v) is 10.1. The molecule has 48 heavy (non-hydrogen) atoms. The van der Waals surface area contributed by atoms with E-state index in [9.17, 15) is 23.9 Å². The van der Waals surface area contributed by atoms with Crippen LogP contribution in [0.4, 0.5) is 4.39 Å². The van der Waals surface area contributed by atoms with Gasteiger partial charge in [0.15, 0.2) is 0 Å². The molecule has 6 aromatic rings. The number of ether oxygens (including phenoxy) is 4. The van der Waals surface area contributed by atoms with Gasteiger partial charge in [-0.05, 0) is 71.3 Å². The van der Waals surface area contributed by atoms with Crippen molar-refractivity contribution in [2.24, 2.45) is 0 Å². The van der Waals surface area contributed by atoms with Crippen molar-refractivity contribution in [1.82, 2.24) is 15.0 Å². The van der Waals surface area contributed by atoms with Crippen molar-refractivity contribution < 1.29 is 49.3 Å². The minimum atomic E-state index is -1.00. The Bertz CT molecular complexity index is 2000. The fraction of sp³-hybridized carbons (Fsp3) is 0.229. The number of aromatic nitrogens is 3. The molecule has 3 aromatic carbocycles. The molecule has 254 valence electrons. The second-order valence-electron chi connectivity index (χ2n) is 10.1. The van der Waals surface area contributed by atoms with E-state index < -0.39 is 13.1 Å². The molecule has 0 saturated heterocycles. The number of fused-ring (bicyclic) bond motifs is 3. The maximum Gasteiger partial charge on any atom is 0.310 e. The molecule has 5 N–H and O–H groups in total. The lowest BCUT2D eigenvalue weighted by Gasteiger charge is -2.01. The number of H-pyrrole nitrogens is 3. The van der Waals surface area contributed by atoms with Gasteiger partial charge in [0.2, 0.25) is 0 Å². The summed E-state index contributed by atoms with van der Waals surface area (Å²) in [5, 5.41) is 20.8. The monoisotopic (exact) mass is 664 g/mol. The Hall–Kier alpha value is -5.98. The third-order valence-corrected chi connectivity index (χ3v) is 7.17. The summed E-state index contributed by atoms with van der Waals surface area (Å²) in [6, 6.07) is 16.3. The molecule has 0 radical (unpaired) electrons. The van der Waals surface area contributed by atoms with Gasteiger partial charge < -0.3 is 44.1 Å². The number of esters is 2. The van der Waals surface area contributed by atoms with Crippen LogP contribution in [-0.2, 0) is 43.1 Å². The quantitative estimate of drug-likeness (QED) is 0.125. The molecule has 0 saturated carbocycles. The van der Waals surface area contributed by atoms with E-state index in [2.05, 4.69) is 24.4 Å². The number of carbonyl (C=O) groups excluding carboxylic acids is 2. The molecule has 3 heterocycles. The van der Waals surface area contributed by atoms with Crippen LogP contribution >= 0.6 is 0 Å². The summed E-state index contributed by atoms with van der Waals surface area (Å²) in [6.45, 7) is 0. The number of hydrogen-bond acceptors (Lipinski definition) is 8. The Balaban J connectivity index is 0.000000191. The van der Waals surface area contributed by atoms with Crippen molar-refractivity contribution >= 4 is 50.6 Å². The number of aromatic amines is 3. The Morgan fingerprint density at radius 3 is 1.42 bits per heavy atom. The standard InChI is InChI=1S/C12H13NO3.2C11H11NO3.CH3F/c1-15-9-3-4-11-10(6-9)8(7-13-11)5-12(14)16-2;1-15-8-2-3-10-9(5-8)7(6-12-10)4-11(13)14;1-15-11(14)4-7-6-12-10-3-2-8(13)5-9(7)10;1-2/h3-4,6-7,13H,5H2,1-2H3;2-3,5-6,12H,4H2,1H3,(H,13,14);2-3,5-6,12-13H,4H2,1H3;1H3/i;;;1D. The largest absolute Gasteiger partial charge is 0.508 e. The molecule has 0 amide bonds. The van der Waals surface area contributed by atoms with Crippen LogP contribution in [0.15, 0.2) is 73.2 Å². The molecule has 0 aliphatic carbocycles. The van der Waals surface area contributed by atoms with Gasteiger partial charge in [0.25, 0.3) is 0 Å².